The van der Waals surface area contributed by atoms with Gasteiger partial charge in [0, 0.05) is 43.8 Å². The fraction of sp³-hybridized carbons (Fsp3) is 0.632. The van der Waals surface area contributed by atoms with Crippen LogP contribution in [0.1, 0.15) is 38.1 Å². The first kappa shape index (κ1) is 17.7. The van der Waals surface area contributed by atoms with Crippen LogP contribution in [0.3, 0.4) is 0 Å². The molecule has 0 unspecified atom stereocenters. The molecule has 5 heterocycles. The van der Waals surface area contributed by atoms with Gasteiger partial charge in [-0.1, -0.05) is 13.8 Å². The maximum absolute atomic E-state index is 13.0. The van der Waals surface area contributed by atoms with Gasteiger partial charge in [0.15, 0.2) is 0 Å². The van der Waals surface area contributed by atoms with Gasteiger partial charge in [0.25, 0.3) is 0 Å². The van der Waals surface area contributed by atoms with Crippen molar-refractivity contribution in [3.63, 3.8) is 0 Å². The second kappa shape index (κ2) is 7.48. The maximum Gasteiger partial charge on any atom is 0.227 e. The van der Waals surface area contributed by atoms with Crippen LogP contribution in [0.2, 0.25) is 0 Å². The van der Waals surface area contributed by atoms with E-state index in [1.54, 1.807) is 11.3 Å². The van der Waals surface area contributed by atoms with Crippen molar-refractivity contribution >= 4 is 17.2 Å². The standard InChI is InChI=1S/C19H27N5OS/c1-14(2)6-23-12-20-5-18(23)10-22-7-15-3-4-17(9-22)24(19(15)25)8-16-11-26-13-21-16/h5,11-15,17H,3-4,6-10H2,1-2H3/t15-,17+/m0/s1. The number of thiazole rings is 1. The van der Waals surface area contributed by atoms with Gasteiger partial charge in [0.1, 0.15) is 0 Å². The van der Waals surface area contributed by atoms with Crippen molar-refractivity contribution < 1.29 is 4.79 Å². The van der Waals surface area contributed by atoms with Gasteiger partial charge in [-0.25, -0.2) is 9.97 Å². The van der Waals surface area contributed by atoms with Crippen LogP contribution in [-0.4, -0.2) is 49.4 Å². The summed E-state index contributed by atoms with van der Waals surface area (Å²) >= 11 is 1.60. The maximum atomic E-state index is 13.0. The molecule has 0 spiro atoms. The van der Waals surface area contributed by atoms with Gasteiger partial charge in [0.05, 0.1) is 35.7 Å². The van der Waals surface area contributed by atoms with Gasteiger partial charge in [-0.05, 0) is 18.8 Å². The largest absolute Gasteiger partial charge is 0.333 e. The van der Waals surface area contributed by atoms with E-state index >= 15 is 0 Å². The summed E-state index contributed by atoms with van der Waals surface area (Å²) in [5.74, 6) is 1.03. The van der Waals surface area contributed by atoms with Gasteiger partial charge in [0.2, 0.25) is 5.91 Å². The molecular formula is C19H27N5OS. The summed E-state index contributed by atoms with van der Waals surface area (Å²) in [7, 11) is 0. The lowest BCUT2D eigenvalue weighted by atomic mass is 9.94. The first-order valence-corrected chi connectivity index (χ1v) is 10.4. The lowest BCUT2D eigenvalue weighted by Crippen LogP contribution is -2.47. The molecule has 0 aliphatic carbocycles. The fourth-order valence-electron chi connectivity index (χ4n) is 4.22. The van der Waals surface area contributed by atoms with E-state index in [9.17, 15) is 4.79 Å². The molecule has 2 aromatic rings. The number of carbonyl (C=O) groups is 1. The van der Waals surface area contributed by atoms with Crippen molar-refractivity contribution in [1.82, 2.24) is 24.3 Å². The smallest absolute Gasteiger partial charge is 0.227 e. The first-order valence-electron chi connectivity index (χ1n) is 9.49. The van der Waals surface area contributed by atoms with Crippen LogP contribution in [-0.2, 0) is 24.4 Å². The molecule has 7 heteroatoms. The van der Waals surface area contributed by atoms with Crippen LogP contribution in [0.25, 0.3) is 0 Å². The van der Waals surface area contributed by atoms with E-state index in [-0.39, 0.29) is 5.92 Å². The zero-order valence-corrected chi connectivity index (χ0v) is 16.4. The highest BCUT2D eigenvalue weighted by Crippen LogP contribution is 2.31. The minimum absolute atomic E-state index is 0.119. The van der Waals surface area contributed by atoms with Crippen LogP contribution >= 0.6 is 11.3 Å². The number of hydrogen-bond donors (Lipinski definition) is 0. The van der Waals surface area contributed by atoms with Gasteiger partial charge < -0.3 is 9.47 Å². The van der Waals surface area contributed by atoms with Gasteiger partial charge in [-0.2, -0.15) is 0 Å². The Morgan fingerprint density at radius 3 is 2.92 bits per heavy atom. The molecule has 2 aromatic heterocycles. The normalized spacial score (nSPS) is 23.8. The summed E-state index contributed by atoms with van der Waals surface area (Å²) in [5.41, 5.74) is 4.11. The molecule has 0 saturated carbocycles. The summed E-state index contributed by atoms with van der Waals surface area (Å²) < 4.78 is 2.26. The van der Waals surface area contributed by atoms with E-state index < -0.39 is 0 Å². The number of rotatable bonds is 6. The molecule has 0 N–H and O–H groups in total. The lowest BCUT2D eigenvalue weighted by molar-refractivity contribution is -0.140. The molecule has 2 bridgehead atoms. The molecule has 26 heavy (non-hydrogen) atoms. The van der Waals surface area contributed by atoms with Gasteiger partial charge in [-0.15, -0.1) is 11.3 Å². The first-order chi connectivity index (χ1) is 12.6. The minimum Gasteiger partial charge on any atom is -0.333 e. The molecule has 3 aliphatic rings. The summed E-state index contributed by atoms with van der Waals surface area (Å²) in [6, 6.07) is 0.296. The topological polar surface area (TPSA) is 54.3 Å². The Balaban J connectivity index is 1.47. The molecule has 2 atom stereocenters. The Morgan fingerprint density at radius 2 is 2.15 bits per heavy atom. The Kier molecular flexibility index (Phi) is 5.09. The number of imidazole rings is 1. The zero-order chi connectivity index (χ0) is 18.1. The Morgan fingerprint density at radius 1 is 1.27 bits per heavy atom. The second-order valence-electron chi connectivity index (χ2n) is 8.00. The Hall–Kier alpha value is -1.73. The third kappa shape index (κ3) is 3.69. The van der Waals surface area contributed by atoms with Crippen LogP contribution < -0.4 is 0 Å². The summed E-state index contributed by atoms with van der Waals surface area (Å²) in [5, 5.41) is 2.05. The minimum atomic E-state index is 0.119. The number of carbonyl (C=O) groups excluding carboxylic acids is 1. The highest BCUT2D eigenvalue weighted by molar-refractivity contribution is 7.07. The van der Waals surface area contributed by atoms with Gasteiger partial charge >= 0.3 is 0 Å². The Labute approximate surface area is 158 Å². The van der Waals surface area contributed by atoms with Gasteiger partial charge in [-0.3, -0.25) is 9.69 Å². The average molecular weight is 374 g/mol. The zero-order valence-electron chi connectivity index (χ0n) is 15.5. The third-order valence-electron chi connectivity index (χ3n) is 5.43. The molecule has 6 nitrogen and oxygen atoms in total. The van der Waals surface area contributed by atoms with Crippen LogP contribution in [0, 0.1) is 11.8 Å². The number of nitrogens with zero attached hydrogens (tertiary/aromatic N) is 5. The summed E-state index contributed by atoms with van der Waals surface area (Å²) in [4.78, 5) is 26.2. The van der Waals surface area contributed by atoms with Crippen molar-refractivity contribution in [2.24, 2.45) is 11.8 Å². The van der Waals surface area contributed by atoms with E-state index in [0.29, 0.717) is 24.4 Å². The fourth-order valence-corrected chi connectivity index (χ4v) is 4.77. The highest BCUT2D eigenvalue weighted by atomic mass is 32.1. The van der Waals surface area contributed by atoms with Crippen molar-refractivity contribution in [2.45, 2.75) is 52.4 Å². The number of fused-ring (bicyclic) bond motifs is 4. The molecule has 0 aromatic carbocycles. The molecule has 3 saturated heterocycles. The van der Waals surface area contributed by atoms with Crippen molar-refractivity contribution in [3.8, 4) is 0 Å². The Bertz CT molecular complexity index is 741. The molecule has 3 fully saturated rings. The number of amides is 1. The van der Waals surface area contributed by atoms with E-state index in [1.165, 1.54) is 5.69 Å². The van der Waals surface area contributed by atoms with Crippen LogP contribution in [0.5, 0.6) is 0 Å². The molecule has 140 valence electrons. The average Bonchev–Trinajstić information content (AvgIpc) is 3.18. The van der Waals surface area contributed by atoms with Crippen LogP contribution in [0.4, 0.5) is 0 Å². The summed E-state index contributed by atoms with van der Waals surface area (Å²) in [6.07, 6.45) is 6.02. The van der Waals surface area contributed by atoms with Crippen molar-refractivity contribution in [2.75, 3.05) is 13.1 Å². The predicted octanol–water partition coefficient (Wildman–Crippen LogP) is 2.62. The quantitative estimate of drug-likeness (QED) is 0.781. The molecule has 0 radical (unpaired) electrons. The second-order valence-corrected chi connectivity index (χ2v) is 8.72. The SMILES string of the molecule is CC(C)Cn1cncc1CN1C[C@@H]2CC[C@H](C1)N(Cc1cscn1)C2=O. The highest BCUT2D eigenvalue weighted by Gasteiger charge is 2.40. The predicted molar refractivity (Wildman–Crippen MR) is 102 cm³/mol. The summed E-state index contributed by atoms with van der Waals surface area (Å²) in [6.45, 7) is 8.77. The molecule has 3 aliphatic heterocycles. The molecular weight excluding hydrogens is 346 g/mol. The number of piperidine rings is 1. The monoisotopic (exact) mass is 373 g/mol. The van der Waals surface area contributed by atoms with Crippen LogP contribution in [0.15, 0.2) is 23.4 Å². The van der Waals surface area contributed by atoms with E-state index in [0.717, 1.165) is 44.7 Å². The van der Waals surface area contributed by atoms with E-state index in [2.05, 4.69) is 38.2 Å². The van der Waals surface area contributed by atoms with Crippen molar-refractivity contribution in [3.05, 3.63) is 34.8 Å². The lowest BCUT2D eigenvalue weighted by Gasteiger charge is -2.35. The third-order valence-corrected chi connectivity index (χ3v) is 6.07. The number of hydrogen-bond acceptors (Lipinski definition) is 5. The van der Waals surface area contributed by atoms with E-state index in [1.807, 2.05) is 23.4 Å². The molecule has 1 amide bonds. The van der Waals surface area contributed by atoms with Crippen molar-refractivity contribution in [1.29, 1.82) is 0 Å². The molecule has 5 rings (SSSR count). The number of aromatic nitrogens is 3. The van der Waals surface area contributed by atoms with E-state index in [4.69, 9.17) is 0 Å².